The van der Waals surface area contributed by atoms with Crippen LogP contribution in [0.15, 0.2) is 24.0 Å². The Morgan fingerprint density at radius 3 is 1.50 bits per heavy atom. The summed E-state index contributed by atoms with van der Waals surface area (Å²) >= 11 is 1.49. The van der Waals surface area contributed by atoms with Crippen LogP contribution in [0.4, 0.5) is 0 Å². The van der Waals surface area contributed by atoms with Crippen molar-refractivity contribution in [2.24, 2.45) is 5.41 Å². The van der Waals surface area contributed by atoms with Gasteiger partial charge in [-0.2, -0.15) is 0 Å². The van der Waals surface area contributed by atoms with E-state index in [0.717, 1.165) is 0 Å². The first-order chi connectivity index (χ1) is 5.54. The molecule has 0 bridgehead atoms. The van der Waals surface area contributed by atoms with E-state index in [-0.39, 0.29) is 18.6 Å². The van der Waals surface area contributed by atoms with Crippen LogP contribution in [-0.4, -0.2) is 23.4 Å². The first-order valence-electron chi connectivity index (χ1n) is 3.63. The second-order valence-electron chi connectivity index (χ2n) is 2.95. The maximum absolute atomic E-state index is 8.43. The van der Waals surface area contributed by atoms with Crippen molar-refractivity contribution >= 4 is 11.8 Å². The minimum absolute atomic E-state index is 0.0451. The van der Waals surface area contributed by atoms with Crippen molar-refractivity contribution in [3.8, 4) is 0 Å². The molecule has 3 heteroatoms. The lowest BCUT2D eigenvalue weighted by Gasteiger charge is -2.16. The number of thioether (sulfide) groups is 1. The van der Waals surface area contributed by atoms with E-state index in [0.29, 0.717) is 0 Å². The zero-order chi connectivity index (χ0) is 10.0. The molecule has 0 heterocycles. The van der Waals surface area contributed by atoms with Gasteiger partial charge in [0, 0.05) is 5.41 Å². The highest BCUT2D eigenvalue weighted by atomic mass is 32.2. The molecule has 0 aliphatic carbocycles. The van der Waals surface area contributed by atoms with Crippen LogP contribution in [-0.2, 0) is 0 Å². The van der Waals surface area contributed by atoms with Crippen LogP contribution >= 0.6 is 11.8 Å². The highest BCUT2D eigenvalue weighted by molar-refractivity contribution is 8.04. The van der Waals surface area contributed by atoms with Crippen LogP contribution < -0.4 is 0 Å². The van der Waals surface area contributed by atoms with Gasteiger partial charge in [0.15, 0.2) is 0 Å². The highest BCUT2D eigenvalue weighted by Gasteiger charge is 2.13. The molecule has 0 aromatic rings. The second-order valence-corrected chi connectivity index (χ2v) is 3.89. The average molecular weight is 190 g/mol. The molecule has 2 N–H and O–H groups in total. The molecule has 0 aromatic heterocycles. The van der Waals surface area contributed by atoms with E-state index >= 15 is 0 Å². The van der Waals surface area contributed by atoms with Gasteiger partial charge in [-0.3, -0.25) is 0 Å². The molecule has 0 spiro atoms. The number of hydrogen-bond acceptors (Lipinski definition) is 3. The van der Waals surface area contributed by atoms with Crippen LogP contribution in [0.2, 0.25) is 0 Å². The summed E-state index contributed by atoms with van der Waals surface area (Å²) in [4.78, 5) is 0. The first kappa shape index (κ1) is 14.3. The highest BCUT2D eigenvalue weighted by Crippen LogP contribution is 2.10. The molecule has 0 unspecified atom stereocenters. The fraction of sp³-hybridized carbons (Fsp3) is 0.556. The van der Waals surface area contributed by atoms with E-state index < -0.39 is 0 Å². The smallest absolute Gasteiger partial charge is 0.0504 e. The summed E-state index contributed by atoms with van der Waals surface area (Å²) in [6, 6.07) is 0. The van der Waals surface area contributed by atoms with Crippen molar-refractivity contribution in [3.05, 3.63) is 24.0 Å². The van der Waals surface area contributed by atoms with Gasteiger partial charge >= 0.3 is 0 Å². The Balaban J connectivity index is 0. The molecular formula is C9H18O2S. The Hall–Kier alpha value is -0.250. The predicted octanol–water partition coefficient (Wildman–Crippen LogP) is 2.00. The quantitative estimate of drug-likeness (QED) is 0.712. The summed E-state index contributed by atoms with van der Waals surface area (Å²) in [6.45, 7) is 10.6. The minimum Gasteiger partial charge on any atom is -0.396 e. The fourth-order valence-electron chi connectivity index (χ4n) is 0.118. The Morgan fingerprint density at radius 1 is 1.17 bits per heavy atom. The van der Waals surface area contributed by atoms with Gasteiger partial charge in [0.05, 0.1) is 13.2 Å². The lowest BCUT2D eigenvalue weighted by molar-refractivity contribution is 0.0857. The van der Waals surface area contributed by atoms with Crippen molar-refractivity contribution in [2.75, 3.05) is 13.2 Å². The molecule has 0 fully saturated rings. The number of aliphatic hydroxyl groups is 2. The Morgan fingerprint density at radius 2 is 1.50 bits per heavy atom. The van der Waals surface area contributed by atoms with Crippen molar-refractivity contribution in [1.82, 2.24) is 0 Å². The van der Waals surface area contributed by atoms with Crippen molar-refractivity contribution in [1.29, 1.82) is 0 Å². The van der Waals surface area contributed by atoms with Gasteiger partial charge in [0.1, 0.15) is 0 Å². The van der Waals surface area contributed by atoms with Gasteiger partial charge in [-0.05, 0) is 10.8 Å². The van der Waals surface area contributed by atoms with E-state index in [4.69, 9.17) is 10.2 Å². The predicted molar refractivity (Wildman–Crippen MR) is 55.9 cm³/mol. The number of aliphatic hydroxyl groups excluding tert-OH is 2. The zero-order valence-electron chi connectivity index (χ0n) is 7.79. The fourth-order valence-corrected chi connectivity index (χ4v) is 0.254. The summed E-state index contributed by atoms with van der Waals surface area (Å²) < 4.78 is 0. The summed E-state index contributed by atoms with van der Waals surface area (Å²) in [7, 11) is 0. The Bertz CT molecular complexity index is 110. The minimum atomic E-state index is -0.306. The molecule has 12 heavy (non-hydrogen) atoms. The summed E-state index contributed by atoms with van der Waals surface area (Å²) in [5, 5.41) is 20.3. The lowest BCUT2D eigenvalue weighted by Crippen LogP contribution is -2.20. The molecule has 0 atom stereocenters. The third-order valence-corrected chi connectivity index (χ3v) is 1.43. The van der Waals surface area contributed by atoms with E-state index in [2.05, 4.69) is 13.2 Å². The Labute approximate surface area is 79.0 Å². The van der Waals surface area contributed by atoms with Crippen LogP contribution in [0.25, 0.3) is 0 Å². The largest absolute Gasteiger partial charge is 0.396 e. The van der Waals surface area contributed by atoms with Gasteiger partial charge in [-0.15, -0.1) is 11.8 Å². The van der Waals surface area contributed by atoms with Gasteiger partial charge in [0.2, 0.25) is 0 Å². The van der Waals surface area contributed by atoms with Crippen molar-refractivity contribution in [3.63, 3.8) is 0 Å². The van der Waals surface area contributed by atoms with E-state index in [1.165, 1.54) is 11.8 Å². The molecule has 0 saturated heterocycles. The summed E-state index contributed by atoms with van der Waals surface area (Å²) in [6.07, 6.45) is 0. The standard InChI is InChI=1S/C5H12O2.C4H6S/c1-5(2,3-6)4-7;1-3-5-4-2/h6-7H,3-4H2,1-2H3;3-4H,1-2H2. The molecule has 0 saturated carbocycles. The lowest BCUT2D eigenvalue weighted by atomic mass is 9.97. The van der Waals surface area contributed by atoms with Crippen LogP contribution in [0.3, 0.4) is 0 Å². The second kappa shape index (κ2) is 8.84. The molecule has 2 nitrogen and oxygen atoms in total. The summed E-state index contributed by atoms with van der Waals surface area (Å²) in [5.74, 6) is 0. The first-order valence-corrected chi connectivity index (χ1v) is 4.57. The third-order valence-electron chi connectivity index (χ3n) is 1.05. The van der Waals surface area contributed by atoms with E-state index in [1.807, 2.05) is 0 Å². The normalized spacial score (nSPS) is 9.67. The monoisotopic (exact) mass is 190 g/mol. The Kier molecular flexibility index (Phi) is 10.5. The molecule has 0 amide bonds. The molecule has 0 aromatic carbocycles. The van der Waals surface area contributed by atoms with Crippen LogP contribution in [0.5, 0.6) is 0 Å². The molecule has 0 radical (unpaired) electrons. The number of rotatable bonds is 4. The molecule has 0 aliphatic heterocycles. The van der Waals surface area contributed by atoms with Gasteiger partial charge < -0.3 is 10.2 Å². The SMILES string of the molecule is C=CSC=C.CC(C)(CO)CO. The van der Waals surface area contributed by atoms with Crippen LogP contribution in [0.1, 0.15) is 13.8 Å². The van der Waals surface area contributed by atoms with Gasteiger partial charge in [0.25, 0.3) is 0 Å². The molecule has 0 aliphatic rings. The number of hydrogen-bond donors (Lipinski definition) is 2. The zero-order valence-corrected chi connectivity index (χ0v) is 8.60. The maximum atomic E-state index is 8.43. The third kappa shape index (κ3) is 12.4. The van der Waals surface area contributed by atoms with E-state index in [1.54, 1.807) is 24.7 Å². The average Bonchev–Trinajstić information content (AvgIpc) is 2.07. The summed E-state index contributed by atoms with van der Waals surface area (Å²) in [5.41, 5.74) is -0.306. The van der Waals surface area contributed by atoms with E-state index in [9.17, 15) is 0 Å². The molecule has 72 valence electrons. The van der Waals surface area contributed by atoms with Crippen LogP contribution in [0, 0.1) is 5.41 Å². The molecule has 0 rings (SSSR count). The topological polar surface area (TPSA) is 40.5 Å². The molecular weight excluding hydrogens is 172 g/mol. The van der Waals surface area contributed by atoms with Gasteiger partial charge in [-0.25, -0.2) is 0 Å². The van der Waals surface area contributed by atoms with Gasteiger partial charge in [-0.1, -0.05) is 27.0 Å². The van der Waals surface area contributed by atoms with Crippen molar-refractivity contribution in [2.45, 2.75) is 13.8 Å². The van der Waals surface area contributed by atoms with Crippen molar-refractivity contribution < 1.29 is 10.2 Å². The maximum Gasteiger partial charge on any atom is 0.0504 e.